The molecule has 80 valence electrons. The number of ether oxygens (including phenoxy) is 1. The molecule has 0 bridgehead atoms. The van der Waals surface area contributed by atoms with Crippen LogP contribution >= 0.6 is 0 Å². The van der Waals surface area contributed by atoms with E-state index in [1.807, 2.05) is 0 Å². The van der Waals surface area contributed by atoms with Crippen molar-refractivity contribution in [3.05, 3.63) is 12.2 Å². The summed E-state index contributed by atoms with van der Waals surface area (Å²) in [6, 6.07) is 0. The highest BCUT2D eigenvalue weighted by atomic mass is 16.5. The molecule has 2 N–H and O–H groups in total. The second kappa shape index (κ2) is 6.28. The summed E-state index contributed by atoms with van der Waals surface area (Å²) in [4.78, 5) is 21.3. The van der Waals surface area contributed by atoms with Crippen LogP contribution in [0.5, 0.6) is 0 Å². The van der Waals surface area contributed by atoms with Crippen molar-refractivity contribution in [2.24, 2.45) is 0 Å². The number of aliphatic hydroxyl groups is 2. The minimum Gasteiger partial charge on any atom is -0.463 e. The van der Waals surface area contributed by atoms with Gasteiger partial charge in [0.15, 0.2) is 5.78 Å². The standard InChI is InChI=1S/C9H14O5/c1-3-14-8(12)5-4-7(11)9(13)6(2)10/h4-5,7,9,11,13H,3H2,1-2H3/t7-,9-/m0/s1. The number of hydrogen-bond acceptors (Lipinski definition) is 5. The minimum atomic E-state index is -1.50. The predicted octanol–water partition coefficient (Wildman–Crippen LogP) is -0.583. The van der Waals surface area contributed by atoms with Gasteiger partial charge in [0, 0.05) is 6.08 Å². The van der Waals surface area contributed by atoms with Gasteiger partial charge in [0.25, 0.3) is 0 Å². The molecule has 0 aromatic rings. The van der Waals surface area contributed by atoms with E-state index in [0.717, 1.165) is 19.1 Å². The number of carbonyl (C=O) groups is 2. The number of rotatable bonds is 5. The average Bonchev–Trinajstić information content (AvgIpc) is 2.13. The molecule has 0 unspecified atom stereocenters. The van der Waals surface area contributed by atoms with Gasteiger partial charge in [-0.3, -0.25) is 4.79 Å². The molecular weight excluding hydrogens is 188 g/mol. The van der Waals surface area contributed by atoms with Crippen molar-refractivity contribution < 1.29 is 24.5 Å². The van der Waals surface area contributed by atoms with Crippen LogP contribution in [-0.4, -0.2) is 40.8 Å². The van der Waals surface area contributed by atoms with Crippen LogP contribution in [0.2, 0.25) is 0 Å². The first-order chi connectivity index (χ1) is 6.49. The van der Waals surface area contributed by atoms with E-state index >= 15 is 0 Å². The maximum atomic E-state index is 10.8. The van der Waals surface area contributed by atoms with Gasteiger partial charge in [0.05, 0.1) is 6.61 Å². The molecule has 0 amide bonds. The van der Waals surface area contributed by atoms with E-state index in [2.05, 4.69) is 4.74 Å². The number of hydrogen-bond donors (Lipinski definition) is 2. The summed E-state index contributed by atoms with van der Waals surface area (Å²) in [6.45, 7) is 3.02. The van der Waals surface area contributed by atoms with Gasteiger partial charge in [0.2, 0.25) is 0 Å². The molecule has 0 radical (unpaired) electrons. The van der Waals surface area contributed by atoms with Gasteiger partial charge in [-0.1, -0.05) is 0 Å². The van der Waals surface area contributed by atoms with E-state index in [1.54, 1.807) is 6.92 Å². The third-order valence-corrected chi connectivity index (χ3v) is 1.46. The lowest BCUT2D eigenvalue weighted by atomic mass is 10.1. The maximum absolute atomic E-state index is 10.8. The Morgan fingerprint density at radius 3 is 2.43 bits per heavy atom. The van der Waals surface area contributed by atoms with Gasteiger partial charge >= 0.3 is 5.97 Å². The van der Waals surface area contributed by atoms with E-state index < -0.39 is 24.0 Å². The van der Waals surface area contributed by atoms with E-state index in [9.17, 15) is 9.59 Å². The highest BCUT2D eigenvalue weighted by molar-refractivity contribution is 5.83. The summed E-state index contributed by atoms with van der Waals surface area (Å²) in [7, 11) is 0. The average molecular weight is 202 g/mol. The van der Waals surface area contributed by atoms with Gasteiger partial charge in [-0.25, -0.2) is 4.79 Å². The number of ketones is 1. The molecular formula is C9H14O5. The molecule has 5 heteroatoms. The SMILES string of the molecule is CCOC(=O)C=C[C@H](O)[C@@H](O)C(C)=O. The van der Waals surface area contributed by atoms with E-state index in [1.165, 1.54) is 0 Å². The van der Waals surface area contributed by atoms with Crippen LogP contribution in [0.15, 0.2) is 12.2 Å². The lowest BCUT2D eigenvalue weighted by molar-refractivity contribution is -0.137. The third kappa shape index (κ3) is 4.74. The second-order valence-corrected chi connectivity index (χ2v) is 2.66. The third-order valence-electron chi connectivity index (χ3n) is 1.46. The van der Waals surface area contributed by atoms with Crippen molar-refractivity contribution in [2.45, 2.75) is 26.1 Å². The van der Waals surface area contributed by atoms with Crippen molar-refractivity contribution in [1.29, 1.82) is 0 Å². The Labute approximate surface area is 82.0 Å². The van der Waals surface area contributed by atoms with Crippen LogP contribution in [-0.2, 0) is 14.3 Å². The van der Waals surface area contributed by atoms with Crippen molar-refractivity contribution in [2.75, 3.05) is 6.61 Å². The Bertz CT molecular complexity index is 233. The fraction of sp³-hybridized carbons (Fsp3) is 0.556. The fourth-order valence-corrected chi connectivity index (χ4v) is 0.713. The zero-order valence-electron chi connectivity index (χ0n) is 8.14. The molecule has 0 rings (SSSR count). The van der Waals surface area contributed by atoms with E-state index in [4.69, 9.17) is 10.2 Å². The lowest BCUT2D eigenvalue weighted by Gasteiger charge is -2.09. The summed E-state index contributed by atoms with van der Waals surface area (Å²) in [5, 5.41) is 18.2. The quantitative estimate of drug-likeness (QED) is 0.460. The summed E-state index contributed by atoms with van der Waals surface area (Å²) < 4.78 is 4.53. The Balaban J connectivity index is 4.10. The topological polar surface area (TPSA) is 83.8 Å². The summed E-state index contributed by atoms with van der Waals surface area (Å²) >= 11 is 0. The molecule has 0 saturated carbocycles. The maximum Gasteiger partial charge on any atom is 0.330 e. The van der Waals surface area contributed by atoms with Gasteiger partial charge in [0.1, 0.15) is 12.2 Å². The van der Waals surface area contributed by atoms with Crippen molar-refractivity contribution in [3.63, 3.8) is 0 Å². The van der Waals surface area contributed by atoms with Gasteiger partial charge in [-0.05, 0) is 19.9 Å². The van der Waals surface area contributed by atoms with Gasteiger partial charge in [-0.2, -0.15) is 0 Å². The summed E-state index contributed by atoms with van der Waals surface area (Å²) in [6.07, 6.45) is -0.887. The predicted molar refractivity (Wildman–Crippen MR) is 48.5 cm³/mol. The Morgan fingerprint density at radius 1 is 1.43 bits per heavy atom. The highest BCUT2D eigenvalue weighted by Crippen LogP contribution is 1.97. The lowest BCUT2D eigenvalue weighted by Crippen LogP contribution is -2.30. The molecule has 0 heterocycles. The Morgan fingerprint density at radius 2 is 2.00 bits per heavy atom. The first kappa shape index (κ1) is 12.8. The molecule has 0 aromatic carbocycles. The van der Waals surface area contributed by atoms with Crippen LogP contribution in [0.3, 0.4) is 0 Å². The monoisotopic (exact) mass is 202 g/mol. The highest BCUT2D eigenvalue weighted by Gasteiger charge is 2.17. The van der Waals surface area contributed by atoms with Crippen molar-refractivity contribution in [3.8, 4) is 0 Å². The van der Waals surface area contributed by atoms with E-state index in [-0.39, 0.29) is 6.61 Å². The molecule has 0 spiro atoms. The zero-order valence-corrected chi connectivity index (χ0v) is 8.14. The Hall–Kier alpha value is -1.20. The molecule has 0 aliphatic carbocycles. The second-order valence-electron chi connectivity index (χ2n) is 2.66. The summed E-state index contributed by atoms with van der Waals surface area (Å²) in [5.41, 5.74) is 0. The number of aliphatic hydroxyl groups excluding tert-OH is 2. The minimum absolute atomic E-state index is 0.231. The van der Waals surface area contributed by atoms with Crippen molar-refractivity contribution >= 4 is 11.8 Å². The van der Waals surface area contributed by atoms with Crippen LogP contribution in [0.1, 0.15) is 13.8 Å². The molecule has 0 fully saturated rings. The first-order valence-corrected chi connectivity index (χ1v) is 4.20. The van der Waals surface area contributed by atoms with E-state index in [0.29, 0.717) is 0 Å². The molecule has 5 nitrogen and oxygen atoms in total. The Kier molecular flexibility index (Phi) is 5.74. The van der Waals surface area contributed by atoms with Crippen molar-refractivity contribution in [1.82, 2.24) is 0 Å². The molecule has 2 atom stereocenters. The molecule has 0 saturated heterocycles. The van der Waals surface area contributed by atoms with Crippen LogP contribution in [0, 0.1) is 0 Å². The zero-order chi connectivity index (χ0) is 11.1. The van der Waals surface area contributed by atoms with Crippen LogP contribution < -0.4 is 0 Å². The van der Waals surface area contributed by atoms with Crippen LogP contribution in [0.25, 0.3) is 0 Å². The number of carbonyl (C=O) groups excluding carboxylic acids is 2. The molecule has 0 aliphatic heterocycles. The van der Waals surface area contributed by atoms with Crippen LogP contribution in [0.4, 0.5) is 0 Å². The number of esters is 1. The number of Topliss-reactive ketones (excluding diaryl/α,β-unsaturated/α-hetero) is 1. The molecule has 0 aliphatic rings. The normalized spacial score (nSPS) is 15.1. The smallest absolute Gasteiger partial charge is 0.330 e. The first-order valence-electron chi connectivity index (χ1n) is 4.20. The van der Waals surface area contributed by atoms with Gasteiger partial charge in [-0.15, -0.1) is 0 Å². The largest absolute Gasteiger partial charge is 0.463 e. The fourth-order valence-electron chi connectivity index (χ4n) is 0.713. The molecule has 0 aromatic heterocycles. The molecule has 14 heavy (non-hydrogen) atoms. The summed E-state index contributed by atoms with van der Waals surface area (Å²) in [5.74, 6) is -1.19. The van der Waals surface area contributed by atoms with Gasteiger partial charge < -0.3 is 14.9 Å².